The average molecular weight is 437 g/mol. The molecule has 4 nitrogen and oxygen atoms in total. The van der Waals surface area contributed by atoms with Gasteiger partial charge >= 0.3 is 0 Å². The van der Waals surface area contributed by atoms with E-state index in [1.807, 2.05) is 0 Å². The molecule has 0 amide bonds. The van der Waals surface area contributed by atoms with Gasteiger partial charge < -0.3 is 14.6 Å². The van der Waals surface area contributed by atoms with Crippen LogP contribution in [0.5, 0.6) is 0 Å². The van der Waals surface area contributed by atoms with Gasteiger partial charge in [0, 0.05) is 16.2 Å². The second kappa shape index (κ2) is 8.73. The fraction of sp³-hybridized carbons (Fsp3) is 0.625. The van der Waals surface area contributed by atoms with E-state index >= 15 is 0 Å². The van der Waals surface area contributed by atoms with Gasteiger partial charge in [0.15, 0.2) is 11.1 Å². The molecule has 1 aliphatic rings. The molecule has 0 spiro atoms. The standard InChI is InChI=1S/C16H24INO3S/c1-21-15(13-5-7-14(17)8-6-13)16(9-2-3-10-16)18-11-4-12-22(19)20/h5-8,15,18H,2-4,9-12H2,1H3,(H,19,20). The number of halogens is 1. The maximum absolute atomic E-state index is 10.8. The number of hydrogen-bond acceptors (Lipinski definition) is 3. The summed E-state index contributed by atoms with van der Waals surface area (Å²) in [6.45, 7) is 0.747. The highest BCUT2D eigenvalue weighted by Crippen LogP contribution is 2.41. The normalized spacial score (nSPS) is 20.0. The highest BCUT2D eigenvalue weighted by Gasteiger charge is 2.41. The van der Waals surface area contributed by atoms with E-state index in [2.05, 4.69) is 52.2 Å². The van der Waals surface area contributed by atoms with E-state index in [0.717, 1.165) is 19.4 Å². The van der Waals surface area contributed by atoms with E-state index in [9.17, 15) is 4.21 Å². The van der Waals surface area contributed by atoms with Crippen molar-refractivity contribution in [1.29, 1.82) is 0 Å². The Hall–Kier alpha value is -0.0200. The van der Waals surface area contributed by atoms with Crippen LogP contribution < -0.4 is 5.32 Å². The molecule has 2 rings (SSSR count). The summed E-state index contributed by atoms with van der Waals surface area (Å²) < 4.78 is 26.7. The minimum absolute atomic E-state index is 0.0200. The minimum Gasteiger partial charge on any atom is -0.375 e. The molecule has 2 unspecified atom stereocenters. The Labute approximate surface area is 148 Å². The van der Waals surface area contributed by atoms with Crippen LogP contribution in [0.3, 0.4) is 0 Å². The van der Waals surface area contributed by atoms with E-state index in [-0.39, 0.29) is 11.6 Å². The zero-order valence-electron chi connectivity index (χ0n) is 12.9. The molecule has 1 aromatic carbocycles. The number of rotatable bonds is 8. The summed E-state index contributed by atoms with van der Waals surface area (Å²) in [4.78, 5) is 0. The van der Waals surface area contributed by atoms with Gasteiger partial charge in [-0.15, -0.1) is 0 Å². The molecule has 0 heterocycles. The Morgan fingerprint density at radius 2 is 2.00 bits per heavy atom. The third-order valence-corrected chi connectivity index (χ3v) is 5.74. The summed E-state index contributed by atoms with van der Waals surface area (Å²) in [5.41, 5.74) is 1.14. The van der Waals surface area contributed by atoms with Crippen molar-refractivity contribution in [2.45, 2.75) is 43.7 Å². The number of ether oxygens (including phenoxy) is 1. The van der Waals surface area contributed by atoms with Gasteiger partial charge in [-0.25, -0.2) is 4.21 Å². The van der Waals surface area contributed by atoms with E-state index in [1.54, 1.807) is 7.11 Å². The molecule has 1 aromatic rings. The number of benzene rings is 1. The molecule has 2 atom stereocenters. The molecule has 0 aromatic heterocycles. The van der Waals surface area contributed by atoms with Crippen molar-refractivity contribution in [3.63, 3.8) is 0 Å². The average Bonchev–Trinajstić information content (AvgIpc) is 2.96. The third-order valence-electron chi connectivity index (χ3n) is 4.38. The lowest BCUT2D eigenvalue weighted by Gasteiger charge is -2.38. The lowest BCUT2D eigenvalue weighted by Crippen LogP contribution is -2.49. The Balaban J connectivity index is 2.09. The van der Waals surface area contributed by atoms with Crippen molar-refractivity contribution in [2.24, 2.45) is 0 Å². The summed E-state index contributed by atoms with van der Waals surface area (Å²) in [6, 6.07) is 8.50. The first-order valence-electron chi connectivity index (χ1n) is 7.68. The van der Waals surface area contributed by atoms with Crippen LogP contribution in [0.2, 0.25) is 0 Å². The van der Waals surface area contributed by atoms with Crippen molar-refractivity contribution in [1.82, 2.24) is 5.32 Å². The quantitative estimate of drug-likeness (QED) is 0.372. The monoisotopic (exact) mass is 437 g/mol. The Bertz CT molecular complexity index is 489. The highest BCUT2D eigenvalue weighted by atomic mass is 127. The maximum atomic E-state index is 10.8. The van der Waals surface area contributed by atoms with Gasteiger partial charge in [-0.05, 0) is 66.1 Å². The predicted octanol–water partition coefficient (Wildman–Crippen LogP) is 3.49. The van der Waals surface area contributed by atoms with Gasteiger partial charge in [0.25, 0.3) is 0 Å². The van der Waals surface area contributed by atoms with Crippen LogP contribution in [0.4, 0.5) is 0 Å². The molecule has 0 saturated heterocycles. The number of hydrogen-bond donors (Lipinski definition) is 2. The van der Waals surface area contributed by atoms with Crippen LogP contribution >= 0.6 is 22.6 Å². The van der Waals surface area contributed by atoms with E-state index in [4.69, 9.17) is 9.29 Å². The minimum atomic E-state index is -1.71. The van der Waals surface area contributed by atoms with Crippen molar-refractivity contribution >= 4 is 33.7 Å². The topological polar surface area (TPSA) is 58.6 Å². The number of methoxy groups -OCH3 is 1. The molecular weight excluding hydrogens is 413 g/mol. The summed E-state index contributed by atoms with van der Waals surface area (Å²) >= 11 is 0.603. The highest BCUT2D eigenvalue weighted by molar-refractivity contribution is 14.1. The van der Waals surface area contributed by atoms with Crippen LogP contribution in [0.25, 0.3) is 0 Å². The SMILES string of the molecule is COC(c1ccc(I)cc1)C1(NCCCS(=O)O)CCCC1. The van der Waals surface area contributed by atoms with Crippen LogP contribution in [-0.4, -0.2) is 33.7 Å². The molecule has 0 radical (unpaired) electrons. The maximum Gasteiger partial charge on any atom is 0.152 e. The smallest absolute Gasteiger partial charge is 0.152 e. The molecule has 0 bridgehead atoms. The number of nitrogens with one attached hydrogen (secondary N) is 1. The first-order chi connectivity index (χ1) is 10.6. The largest absolute Gasteiger partial charge is 0.375 e. The zero-order chi connectivity index (χ0) is 16.0. The van der Waals surface area contributed by atoms with Crippen LogP contribution in [0.15, 0.2) is 24.3 Å². The summed E-state index contributed by atoms with van der Waals surface area (Å²) in [5.74, 6) is 0.324. The second-order valence-electron chi connectivity index (χ2n) is 5.84. The van der Waals surface area contributed by atoms with Gasteiger partial charge in [0.05, 0.1) is 5.75 Å². The Morgan fingerprint density at radius 3 is 2.55 bits per heavy atom. The molecule has 22 heavy (non-hydrogen) atoms. The van der Waals surface area contributed by atoms with Gasteiger partial charge in [-0.3, -0.25) is 0 Å². The fourth-order valence-corrected chi connectivity index (χ4v) is 4.14. The van der Waals surface area contributed by atoms with Crippen LogP contribution in [0.1, 0.15) is 43.8 Å². The third kappa shape index (κ3) is 4.74. The van der Waals surface area contributed by atoms with Gasteiger partial charge in [-0.1, -0.05) is 25.0 Å². The first kappa shape index (κ1) is 18.3. The van der Waals surface area contributed by atoms with Crippen LogP contribution in [0, 0.1) is 3.57 Å². The van der Waals surface area contributed by atoms with Crippen molar-refractivity contribution in [3.8, 4) is 0 Å². The van der Waals surface area contributed by atoms with Crippen molar-refractivity contribution in [3.05, 3.63) is 33.4 Å². The predicted molar refractivity (Wildman–Crippen MR) is 98.4 cm³/mol. The van der Waals surface area contributed by atoms with Gasteiger partial charge in [0.1, 0.15) is 6.10 Å². The summed E-state index contributed by atoms with van der Waals surface area (Å²) in [5, 5.41) is 3.64. The van der Waals surface area contributed by atoms with Crippen molar-refractivity contribution < 1.29 is 13.5 Å². The molecule has 124 valence electrons. The zero-order valence-corrected chi connectivity index (χ0v) is 15.9. The molecule has 2 N–H and O–H groups in total. The Morgan fingerprint density at radius 1 is 1.36 bits per heavy atom. The molecule has 0 aliphatic heterocycles. The van der Waals surface area contributed by atoms with Crippen LogP contribution in [-0.2, 0) is 15.8 Å². The fourth-order valence-electron chi connectivity index (χ4n) is 3.39. The lowest BCUT2D eigenvalue weighted by atomic mass is 9.85. The first-order valence-corrected chi connectivity index (χ1v) is 10.0. The molecule has 1 fully saturated rings. The molecule has 6 heteroatoms. The second-order valence-corrected chi connectivity index (χ2v) is 8.13. The lowest BCUT2D eigenvalue weighted by molar-refractivity contribution is 0.0171. The van der Waals surface area contributed by atoms with E-state index in [1.165, 1.54) is 22.0 Å². The van der Waals surface area contributed by atoms with Crippen molar-refractivity contribution in [2.75, 3.05) is 19.4 Å². The summed E-state index contributed by atoms with van der Waals surface area (Å²) in [6.07, 6.45) is 5.28. The molecule has 1 aliphatic carbocycles. The Kier molecular flexibility index (Phi) is 7.27. The van der Waals surface area contributed by atoms with E-state index < -0.39 is 11.1 Å². The molecule has 1 saturated carbocycles. The molecular formula is C16H24INO3S. The van der Waals surface area contributed by atoms with E-state index in [0.29, 0.717) is 12.2 Å². The summed E-state index contributed by atoms with van der Waals surface area (Å²) in [7, 11) is 1.77. The van der Waals surface area contributed by atoms with Gasteiger partial charge in [-0.2, -0.15) is 0 Å². The van der Waals surface area contributed by atoms with Gasteiger partial charge in [0.2, 0.25) is 0 Å².